The van der Waals surface area contributed by atoms with Crippen LogP contribution in [0.1, 0.15) is 12.5 Å². The third kappa shape index (κ3) is 2.01. The molecule has 1 aromatic carbocycles. The van der Waals surface area contributed by atoms with Crippen molar-refractivity contribution in [1.82, 2.24) is 0 Å². The van der Waals surface area contributed by atoms with E-state index in [2.05, 4.69) is 5.32 Å². The quantitative estimate of drug-likeness (QED) is 0.798. The zero-order chi connectivity index (χ0) is 11.8. The van der Waals surface area contributed by atoms with Crippen LogP contribution in [-0.4, -0.2) is 18.1 Å². The molecule has 1 N–H and O–H groups in total. The summed E-state index contributed by atoms with van der Waals surface area (Å²) in [7, 11) is 0. The second kappa shape index (κ2) is 3.78. The summed E-state index contributed by atoms with van der Waals surface area (Å²) >= 11 is 5.92. The fourth-order valence-electron chi connectivity index (χ4n) is 1.18. The third-order valence-corrected chi connectivity index (χ3v) is 2.72. The van der Waals surface area contributed by atoms with Gasteiger partial charge >= 0.3 is 0 Å². The second-order valence-electron chi connectivity index (χ2n) is 3.78. The molecular weight excluding hydrogens is 228 g/mol. The maximum atomic E-state index is 11.6. The Balaban J connectivity index is 2.16. The highest BCUT2D eigenvalue weighted by Crippen LogP contribution is 2.29. The van der Waals surface area contributed by atoms with Crippen molar-refractivity contribution < 1.29 is 9.53 Å². The molecule has 4 nitrogen and oxygen atoms in total. The van der Waals surface area contributed by atoms with Gasteiger partial charge in [0.1, 0.15) is 0 Å². The number of epoxide rings is 1. The molecule has 1 amide bonds. The number of anilines is 1. The van der Waals surface area contributed by atoms with Gasteiger partial charge in [-0.3, -0.25) is 4.79 Å². The SMILES string of the molecule is C[C@@]1(C(=O)Nc2ccc(C#N)cc2Cl)CO1. The van der Waals surface area contributed by atoms with Gasteiger partial charge in [0, 0.05) is 0 Å². The fourth-order valence-corrected chi connectivity index (χ4v) is 1.41. The monoisotopic (exact) mass is 236 g/mol. The van der Waals surface area contributed by atoms with Crippen LogP contribution < -0.4 is 5.32 Å². The average molecular weight is 237 g/mol. The number of carbonyl (C=O) groups excluding carboxylic acids is 1. The summed E-state index contributed by atoms with van der Waals surface area (Å²) < 4.78 is 5.01. The highest BCUT2D eigenvalue weighted by molar-refractivity contribution is 6.33. The molecule has 0 spiro atoms. The molecule has 2 rings (SSSR count). The van der Waals surface area contributed by atoms with Gasteiger partial charge in [-0.25, -0.2) is 0 Å². The van der Waals surface area contributed by atoms with Crippen LogP contribution >= 0.6 is 11.6 Å². The first-order valence-corrected chi connectivity index (χ1v) is 5.08. The molecule has 0 saturated carbocycles. The molecule has 1 saturated heterocycles. The molecule has 5 heteroatoms. The standard InChI is InChI=1S/C11H9ClN2O2/c1-11(6-16-11)10(15)14-9-3-2-7(5-13)4-8(9)12/h2-4H,6H2,1H3,(H,14,15)/t11-/m0/s1. The lowest BCUT2D eigenvalue weighted by molar-refractivity contribution is -0.120. The zero-order valence-corrected chi connectivity index (χ0v) is 9.34. The number of carbonyl (C=O) groups is 1. The highest BCUT2D eigenvalue weighted by Gasteiger charge is 2.47. The highest BCUT2D eigenvalue weighted by atomic mass is 35.5. The number of amides is 1. The van der Waals surface area contributed by atoms with Crippen molar-refractivity contribution in [2.45, 2.75) is 12.5 Å². The minimum atomic E-state index is -0.725. The van der Waals surface area contributed by atoms with Crippen molar-refractivity contribution in [1.29, 1.82) is 5.26 Å². The molecule has 1 atom stereocenters. The summed E-state index contributed by atoms with van der Waals surface area (Å²) in [6.07, 6.45) is 0. The predicted octanol–water partition coefficient (Wildman–Crippen LogP) is 1.94. The van der Waals surface area contributed by atoms with Crippen LogP contribution in [-0.2, 0) is 9.53 Å². The largest absolute Gasteiger partial charge is 0.359 e. The lowest BCUT2D eigenvalue weighted by Crippen LogP contribution is -2.28. The lowest BCUT2D eigenvalue weighted by atomic mass is 10.1. The lowest BCUT2D eigenvalue weighted by Gasteiger charge is -2.09. The van der Waals surface area contributed by atoms with Gasteiger partial charge in [-0.05, 0) is 25.1 Å². The van der Waals surface area contributed by atoms with Crippen molar-refractivity contribution >= 4 is 23.2 Å². The van der Waals surface area contributed by atoms with Crippen LogP contribution in [0.25, 0.3) is 0 Å². The number of nitrogens with zero attached hydrogens (tertiary/aromatic N) is 1. The number of nitrogens with one attached hydrogen (secondary N) is 1. The molecule has 0 bridgehead atoms. The van der Waals surface area contributed by atoms with Gasteiger partial charge in [-0.15, -0.1) is 0 Å². The Morgan fingerprint density at radius 2 is 2.38 bits per heavy atom. The number of hydrogen-bond acceptors (Lipinski definition) is 3. The topological polar surface area (TPSA) is 65.4 Å². The Morgan fingerprint density at radius 3 is 2.88 bits per heavy atom. The zero-order valence-electron chi connectivity index (χ0n) is 8.58. The van der Waals surface area contributed by atoms with Gasteiger partial charge in [0.05, 0.1) is 28.9 Å². The summed E-state index contributed by atoms with van der Waals surface area (Å²) in [4.78, 5) is 11.6. The maximum absolute atomic E-state index is 11.6. The average Bonchev–Trinajstić information content (AvgIpc) is 3.01. The Hall–Kier alpha value is -1.57. The summed E-state index contributed by atoms with van der Waals surface area (Å²) in [5, 5.41) is 11.7. The number of benzene rings is 1. The second-order valence-corrected chi connectivity index (χ2v) is 4.19. The van der Waals surface area contributed by atoms with E-state index in [0.717, 1.165) is 0 Å². The van der Waals surface area contributed by atoms with Crippen molar-refractivity contribution in [3.8, 4) is 6.07 Å². The Bertz CT molecular complexity index is 489. The van der Waals surface area contributed by atoms with Crippen molar-refractivity contribution in [2.24, 2.45) is 0 Å². The van der Waals surface area contributed by atoms with Crippen LogP contribution in [0.2, 0.25) is 5.02 Å². The van der Waals surface area contributed by atoms with Crippen LogP contribution in [0.3, 0.4) is 0 Å². The van der Waals surface area contributed by atoms with E-state index < -0.39 is 5.60 Å². The van der Waals surface area contributed by atoms with E-state index >= 15 is 0 Å². The van der Waals surface area contributed by atoms with E-state index in [1.165, 1.54) is 6.07 Å². The minimum absolute atomic E-state index is 0.223. The van der Waals surface area contributed by atoms with Crippen molar-refractivity contribution in [3.05, 3.63) is 28.8 Å². The molecule has 0 aliphatic carbocycles. The van der Waals surface area contributed by atoms with E-state index in [4.69, 9.17) is 21.6 Å². The summed E-state index contributed by atoms with van der Waals surface area (Å²) in [5.41, 5.74) is 0.219. The van der Waals surface area contributed by atoms with Crippen LogP contribution in [0, 0.1) is 11.3 Å². The first-order valence-electron chi connectivity index (χ1n) is 4.70. The van der Waals surface area contributed by atoms with E-state index in [1.807, 2.05) is 6.07 Å². The number of halogens is 1. The molecular formula is C11H9ClN2O2. The Labute approximate surface area is 97.8 Å². The van der Waals surface area contributed by atoms with Gasteiger partial charge in [-0.2, -0.15) is 5.26 Å². The molecule has 1 aliphatic rings. The van der Waals surface area contributed by atoms with Crippen molar-refractivity contribution in [3.63, 3.8) is 0 Å². The van der Waals surface area contributed by atoms with Gasteiger partial charge in [0.2, 0.25) is 0 Å². The van der Waals surface area contributed by atoms with Gasteiger partial charge < -0.3 is 10.1 Å². The van der Waals surface area contributed by atoms with Crippen LogP contribution in [0.4, 0.5) is 5.69 Å². The number of nitriles is 1. The van der Waals surface area contributed by atoms with Crippen LogP contribution in [0.5, 0.6) is 0 Å². The molecule has 82 valence electrons. The third-order valence-electron chi connectivity index (χ3n) is 2.40. The summed E-state index contributed by atoms with van der Waals surface area (Å²) in [6, 6.07) is 6.67. The maximum Gasteiger partial charge on any atom is 0.258 e. The molecule has 0 unspecified atom stereocenters. The molecule has 0 aromatic heterocycles. The molecule has 16 heavy (non-hydrogen) atoms. The van der Waals surface area contributed by atoms with Gasteiger partial charge in [0.25, 0.3) is 5.91 Å². The predicted molar refractivity (Wildman–Crippen MR) is 59.2 cm³/mol. The fraction of sp³-hybridized carbons (Fsp3) is 0.273. The Kier molecular flexibility index (Phi) is 2.58. The number of rotatable bonds is 2. The van der Waals surface area contributed by atoms with Gasteiger partial charge in [0.15, 0.2) is 5.60 Å². The summed E-state index contributed by atoms with van der Waals surface area (Å²) in [6.45, 7) is 2.13. The van der Waals surface area contributed by atoms with E-state index in [0.29, 0.717) is 22.9 Å². The van der Waals surface area contributed by atoms with Crippen molar-refractivity contribution in [2.75, 3.05) is 11.9 Å². The van der Waals surface area contributed by atoms with E-state index in [-0.39, 0.29) is 5.91 Å². The number of hydrogen-bond donors (Lipinski definition) is 1. The smallest absolute Gasteiger partial charge is 0.258 e. The molecule has 0 radical (unpaired) electrons. The van der Waals surface area contributed by atoms with E-state index in [9.17, 15) is 4.79 Å². The van der Waals surface area contributed by atoms with Crippen LogP contribution in [0.15, 0.2) is 18.2 Å². The molecule has 1 fully saturated rings. The summed E-state index contributed by atoms with van der Waals surface area (Å²) in [5.74, 6) is -0.223. The normalized spacial score (nSPS) is 22.3. The molecule has 1 aromatic rings. The number of ether oxygens (including phenoxy) is 1. The molecule has 1 heterocycles. The first-order chi connectivity index (χ1) is 7.55. The Morgan fingerprint density at radius 1 is 1.69 bits per heavy atom. The molecule has 1 aliphatic heterocycles. The van der Waals surface area contributed by atoms with E-state index in [1.54, 1.807) is 19.1 Å². The minimum Gasteiger partial charge on any atom is -0.359 e. The first kappa shape index (κ1) is 10.9. The van der Waals surface area contributed by atoms with Gasteiger partial charge in [-0.1, -0.05) is 11.6 Å².